The molecule has 2 aliphatic heterocycles. The Hall–Kier alpha value is -1.96. The molecule has 4 nitrogen and oxygen atoms in total. The molecule has 9 heteroatoms. The number of carbonyl (C=O) groups excluding carboxylic acids is 1. The smallest absolute Gasteiger partial charge is 0.256 e. The van der Waals surface area contributed by atoms with Crippen LogP contribution in [-0.2, 0) is 0 Å². The summed E-state index contributed by atoms with van der Waals surface area (Å²) in [4.78, 5) is 16.5. The van der Waals surface area contributed by atoms with Gasteiger partial charge in [-0.05, 0) is 73.9 Å². The Balaban J connectivity index is 1.24. The van der Waals surface area contributed by atoms with Gasteiger partial charge in [0.25, 0.3) is 5.91 Å². The third-order valence-electron chi connectivity index (χ3n) is 8.25. The van der Waals surface area contributed by atoms with Crippen molar-refractivity contribution in [3.63, 3.8) is 0 Å². The van der Waals surface area contributed by atoms with E-state index in [1.54, 1.807) is 13.0 Å². The Morgan fingerprint density at radius 1 is 1.11 bits per heavy atom. The first-order valence-corrected chi connectivity index (χ1v) is 14.1. The number of hydrogen-bond acceptors (Lipinski definition) is 3. The van der Waals surface area contributed by atoms with E-state index in [2.05, 4.69) is 4.90 Å². The summed E-state index contributed by atoms with van der Waals surface area (Å²) in [6.45, 7) is 4.91. The van der Waals surface area contributed by atoms with Crippen molar-refractivity contribution >= 4 is 29.1 Å². The molecule has 2 heterocycles. The highest BCUT2D eigenvalue weighted by molar-refractivity contribution is 6.34. The first-order valence-electron chi connectivity index (χ1n) is 13.3. The van der Waals surface area contributed by atoms with Gasteiger partial charge >= 0.3 is 0 Å². The highest BCUT2D eigenvalue weighted by Crippen LogP contribution is 2.46. The predicted octanol–water partition coefficient (Wildman–Crippen LogP) is 7.38. The first-order chi connectivity index (χ1) is 18.0. The van der Waals surface area contributed by atoms with E-state index in [0.717, 1.165) is 24.0 Å². The number of halogens is 5. The van der Waals surface area contributed by atoms with Crippen LogP contribution in [0.25, 0.3) is 0 Å². The molecule has 3 fully saturated rings. The molecule has 38 heavy (non-hydrogen) atoms. The fourth-order valence-corrected chi connectivity index (χ4v) is 6.07. The summed E-state index contributed by atoms with van der Waals surface area (Å²) in [5.74, 6) is -1.05. The number of hydrogen-bond donors (Lipinski definition) is 0. The van der Waals surface area contributed by atoms with E-state index in [-0.39, 0.29) is 56.0 Å². The van der Waals surface area contributed by atoms with Crippen molar-refractivity contribution in [2.24, 2.45) is 5.92 Å². The SMILES string of the molecule is CC1CN(C(=O)c2cc(C3CC3)c(OCC3(F)CCN(C(C)c4cc(Cl)cc(Cl)c4)CC3)cc2F)CC1F. The van der Waals surface area contributed by atoms with Crippen LogP contribution in [0.5, 0.6) is 5.75 Å². The molecule has 3 aliphatic rings. The van der Waals surface area contributed by atoms with Crippen LogP contribution in [0.2, 0.25) is 10.0 Å². The molecule has 206 valence electrons. The summed E-state index contributed by atoms with van der Waals surface area (Å²) < 4.78 is 50.7. The molecule has 2 saturated heterocycles. The molecule has 5 rings (SSSR count). The van der Waals surface area contributed by atoms with Crippen LogP contribution in [0, 0.1) is 11.7 Å². The second kappa shape index (κ2) is 10.9. The minimum atomic E-state index is -1.55. The van der Waals surface area contributed by atoms with Crippen molar-refractivity contribution < 1.29 is 22.7 Å². The lowest BCUT2D eigenvalue weighted by atomic mass is 9.92. The fraction of sp³-hybridized carbons (Fsp3) is 0.552. The number of alkyl halides is 2. The quantitative estimate of drug-likeness (QED) is 0.349. The summed E-state index contributed by atoms with van der Waals surface area (Å²) in [6.07, 6.45) is 1.27. The van der Waals surface area contributed by atoms with Crippen LogP contribution < -0.4 is 4.74 Å². The number of nitrogens with zero attached hydrogens (tertiary/aromatic N) is 2. The van der Waals surface area contributed by atoms with E-state index in [1.807, 2.05) is 19.1 Å². The second-order valence-electron chi connectivity index (χ2n) is 11.2. The fourth-order valence-electron chi connectivity index (χ4n) is 5.53. The van der Waals surface area contributed by atoms with Gasteiger partial charge in [-0.1, -0.05) is 30.1 Å². The highest BCUT2D eigenvalue weighted by atomic mass is 35.5. The Kier molecular flexibility index (Phi) is 7.92. The molecule has 1 amide bonds. The topological polar surface area (TPSA) is 32.8 Å². The van der Waals surface area contributed by atoms with Crippen LogP contribution in [0.4, 0.5) is 13.2 Å². The predicted molar refractivity (Wildman–Crippen MR) is 143 cm³/mol. The molecule has 1 aliphatic carbocycles. The molecule has 2 aromatic carbocycles. The van der Waals surface area contributed by atoms with Gasteiger partial charge in [0.15, 0.2) is 0 Å². The first kappa shape index (κ1) is 27.6. The molecule has 0 spiro atoms. The summed E-state index contributed by atoms with van der Waals surface area (Å²) >= 11 is 12.3. The summed E-state index contributed by atoms with van der Waals surface area (Å²) in [7, 11) is 0. The summed E-state index contributed by atoms with van der Waals surface area (Å²) in [5, 5.41) is 1.13. The molecule has 0 bridgehead atoms. The maximum Gasteiger partial charge on any atom is 0.256 e. The lowest BCUT2D eigenvalue weighted by Gasteiger charge is -2.39. The van der Waals surface area contributed by atoms with Crippen molar-refractivity contribution in [2.75, 3.05) is 32.8 Å². The zero-order chi connectivity index (χ0) is 27.2. The molecule has 0 aromatic heterocycles. The summed E-state index contributed by atoms with van der Waals surface area (Å²) in [6, 6.07) is 8.21. The Bertz CT molecular complexity index is 1170. The number of carbonyl (C=O) groups is 1. The van der Waals surface area contributed by atoms with Crippen molar-refractivity contribution in [1.29, 1.82) is 0 Å². The lowest BCUT2D eigenvalue weighted by molar-refractivity contribution is 0.00614. The molecule has 2 aromatic rings. The van der Waals surface area contributed by atoms with Gasteiger partial charge in [-0.3, -0.25) is 9.69 Å². The van der Waals surface area contributed by atoms with Gasteiger partial charge in [0, 0.05) is 47.7 Å². The average molecular weight is 569 g/mol. The standard InChI is InChI=1S/C29H33Cl2F3N2O2/c1-17-14-36(15-26(17)33)28(37)24-12-23(19-3-4-19)27(13-25(24)32)38-16-29(34)5-7-35(8-6-29)18(2)20-9-21(30)11-22(31)10-20/h9-13,17-19,26H,3-8,14-16H2,1-2H3. The molecule has 0 N–H and O–H groups in total. The van der Waals surface area contributed by atoms with Gasteiger partial charge in [-0.15, -0.1) is 0 Å². The monoisotopic (exact) mass is 568 g/mol. The molecular weight excluding hydrogens is 536 g/mol. The Labute approximate surface area is 232 Å². The largest absolute Gasteiger partial charge is 0.490 e. The number of rotatable bonds is 7. The number of benzene rings is 2. The van der Waals surface area contributed by atoms with Gasteiger partial charge in [-0.2, -0.15) is 0 Å². The number of amides is 1. The van der Waals surface area contributed by atoms with Crippen LogP contribution in [0.3, 0.4) is 0 Å². The minimum absolute atomic E-state index is 0.0270. The van der Waals surface area contributed by atoms with E-state index in [9.17, 15) is 9.18 Å². The van der Waals surface area contributed by atoms with Crippen LogP contribution >= 0.6 is 23.2 Å². The van der Waals surface area contributed by atoms with Crippen LogP contribution in [0.1, 0.15) is 73.0 Å². The Morgan fingerprint density at radius 2 is 1.76 bits per heavy atom. The second-order valence-corrected chi connectivity index (χ2v) is 12.1. The maximum atomic E-state index is 15.8. The number of piperidine rings is 1. The molecule has 1 saturated carbocycles. The molecular formula is C29H33Cl2F3N2O2. The third-order valence-corrected chi connectivity index (χ3v) is 8.69. The van der Waals surface area contributed by atoms with Crippen molar-refractivity contribution in [3.8, 4) is 5.75 Å². The zero-order valence-corrected chi connectivity index (χ0v) is 23.2. The van der Waals surface area contributed by atoms with E-state index >= 15 is 8.78 Å². The maximum absolute atomic E-state index is 15.8. The van der Waals surface area contributed by atoms with Crippen molar-refractivity contribution in [2.45, 2.75) is 63.3 Å². The average Bonchev–Trinajstić information content (AvgIpc) is 3.66. The Morgan fingerprint density at radius 3 is 2.34 bits per heavy atom. The van der Waals surface area contributed by atoms with Gasteiger partial charge in [-0.25, -0.2) is 13.2 Å². The number of ether oxygens (including phenoxy) is 1. The van der Waals surface area contributed by atoms with E-state index in [0.29, 0.717) is 28.9 Å². The minimum Gasteiger partial charge on any atom is -0.490 e. The van der Waals surface area contributed by atoms with Crippen LogP contribution in [-0.4, -0.2) is 60.3 Å². The van der Waals surface area contributed by atoms with E-state index in [4.69, 9.17) is 27.9 Å². The third kappa shape index (κ3) is 5.95. The molecule has 3 unspecified atom stereocenters. The van der Waals surface area contributed by atoms with E-state index < -0.39 is 23.6 Å². The highest BCUT2D eigenvalue weighted by Gasteiger charge is 2.39. The molecule has 0 radical (unpaired) electrons. The van der Waals surface area contributed by atoms with Gasteiger partial charge in [0.1, 0.15) is 30.0 Å². The zero-order valence-electron chi connectivity index (χ0n) is 21.7. The lowest BCUT2D eigenvalue weighted by Crippen LogP contribution is -2.45. The van der Waals surface area contributed by atoms with Gasteiger partial charge in [0.05, 0.1) is 12.1 Å². The van der Waals surface area contributed by atoms with Crippen molar-refractivity contribution in [3.05, 3.63) is 62.9 Å². The number of likely N-dealkylation sites (tertiary alicyclic amines) is 2. The van der Waals surface area contributed by atoms with E-state index in [1.165, 1.54) is 17.0 Å². The normalized spacial score (nSPS) is 24.4. The van der Waals surface area contributed by atoms with Crippen LogP contribution in [0.15, 0.2) is 30.3 Å². The van der Waals surface area contributed by atoms with Gasteiger partial charge < -0.3 is 9.64 Å². The summed E-state index contributed by atoms with van der Waals surface area (Å²) in [5.41, 5.74) is 0.0930. The molecule has 3 atom stereocenters. The van der Waals surface area contributed by atoms with Crippen molar-refractivity contribution in [1.82, 2.24) is 9.80 Å². The van der Waals surface area contributed by atoms with Gasteiger partial charge in [0.2, 0.25) is 0 Å².